The van der Waals surface area contributed by atoms with Crippen LogP contribution in [0, 0.1) is 11.5 Å². The molecule has 0 fully saturated rings. The van der Waals surface area contributed by atoms with Crippen LogP contribution in [0.1, 0.15) is 0 Å². The second-order valence-electron chi connectivity index (χ2n) is 1.01. The minimum atomic E-state index is 1.25. The smallest absolute Gasteiger partial charge is 0.173 e. The topological polar surface area (TPSA) is 65.6 Å². The van der Waals surface area contributed by atoms with E-state index in [9.17, 15) is 0 Å². The number of hydrogen-bond acceptors (Lipinski definition) is 2. The van der Waals surface area contributed by atoms with Crippen LogP contribution in [-0.2, 0) is 0 Å². The maximum Gasteiger partial charge on any atom is 0.173 e. The van der Waals surface area contributed by atoms with E-state index in [1.54, 1.807) is 0 Å². The van der Waals surface area contributed by atoms with E-state index in [0.717, 1.165) is 0 Å². The highest BCUT2D eigenvalue weighted by atomic mass is 14.6. The van der Waals surface area contributed by atoms with Gasteiger partial charge in [0.25, 0.3) is 0 Å². The molecule has 0 atom stereocenters. The summed E-state index contributed by atoms with van der Waals surface area (Å²) >= 11 is 0. The molecule has 3 nitrogen and oxygen atoms in total. The zero-order valence-corrected chi connectivity index (χ0v) is 4.33. The first kappa shape index (κ1) is 6.57. The zero-order chi connectivity index (χ0) is 6.24. The third-order valence-corrected chi connectivity index (χ3v) is 0.496. The summed E-state index contributed by atoms with van der Waals surface area (Å²) in [6, 6.07) is 3.89. The van der Waals surface area contributed by atoms with Crippen LogP contribution >= 0.6 is 0 Å². The van der Waals surface area contributed by atoms with Gasteiger partial charge in [-0.3, -0.25) is 0 Å². The van der Waals surface area contributed by atoms with Gasteiger partial charge >= 0.3 is 0 Å². The summed E-state index contributed by atoms with van der Waals surface area (Å²) in [6.45, 7) is 0. The normalized spacial score (nSPS) is 5.88. The lowest BCUT2D eigenvalue weighted by atomic mass is 10.7. The monoisotopic (exact) mass is 109 g/mol. The fraction of sp³-hybridized carbons (Fsp3) is 0. The predicted octanol–water partition coefficient (Wildman–Crippen LogP) is 0.441. The Bertz CT molecular complexity index is 120. The molecule has 0 saturated carbocycles. The first-order valence-corrected chi connectivity index (χ1v) is 2.09. The Balaban J connectivity index is 0.000000145. The molecule has 0 aliphatic heterocycles. The molecule has 0 spiro atoms. The van der Waals surface area contributed by atoms with Crippen LogP contribution in [0.15, 0.2) is 24.5 Å². The summed E-state index contributed by atoms with van der Waals surface area (Å²) in [7, 11) is 0. The second kappa shape index (κ2) is 5.57. The Morgan fingerprint density at radius 2 is 1.75 bits per heavy atom. The van der Waals surface area contributed by atoms with Gasteiger partial charge in [0.05, 0.1) is 0 Å². The van der Waals surface area contributed by atoms with Crippen molar-refractivity contribution in [2.45, 2.75) is 0 Å². The van der Waals surface area contributed by atoms with E-state index in [-0.39, 0.29) is 0 Å². The van der Waals surface area contributed by atoms with Gasteiger partial charge in [0.2, 0.25) is 0 Å². The lowest BCUT2D eigenvalue weighted by Crippen LogP contribution is -1.69. The highest BCUT2D eigenvalue weighted by Crippen LogP contribution is 1.72. The average molecular weight is 109 g/mol. The number of nitrogens with one attached hydrogen (secondary N) is 1. The summed E-state index contributed by atoms with van der Waals surface area (Å²) in [6.07, 6.45) is 5.00. The highest BCUT2D eigenvalue weighted by Gasteiger charge is 1.55. The van der Waals surface area contributed by atoms with Crippen molar-refractivity contribution in [1.29, 1.82) is 5.26 Å². The molecular formula is C5H7N3. The van der Waals surface area contributed by atoms with Crippen molar-refractivity contribution in [2.75, 3.05) is 0 Å². The maximum atomic E-state index is 7.10. The molecule has 1 aromatic rings. The summed E-state index contributed by atoms with van der Waals surface area (Å²) in [5, 5.41) is 7.10. The SMILES string of the molecule is N#CN.c1cc[nH]c1. The quantitative estimate of drug-likeness (QED) is 0.375. The number of H-pyrrole nitrogens is 1. The standard InChI is InChI=1S/C4H5N.CH2N2/c1-2-4-5-3-1;2-1-3/h1-5H;2H2. The average Bonchev–Trinajstić information content (AvgIpc) is 2.17. The van der Waals surface area contributed by atoms with E-state index in [4.69, 9.17) is 5.26 Å². The van der Waals surface area contributed by atoms with Gasteiger partial charge in [-0.2, -0.15) is 5.26 Å². The molecule has 0 saturated heterocycles. The van der Waals surface area contributed by atoms with E-state index in [1.165, 1.54) is 6.19 Å². The molecule has 8 heavy (non-hydrogen) atoms. The van der Waals surface area contributed by atoms with Crippen molar-refractivity contribution in [2.24, 2.45) is 5.73 Å². The van der Waals surface area contributed by atoms with Crippen molar-refractivity contribution in [3.8, 4) is 6.19 Å². The summed E-state index contributed by atoms with van der Waals surface area (Å²) in [5.41, 5.74) is 4.15. The first-order chi connectivity index (χ1) is 3.91. The Hall–Kier alpha value is -1.43. The third-order valence-electron chi connectivity index (χ3n) is 0.496. The van der Waals surface area contributed by atoms with Gasteiger partial charge < -0.3 is 10.7 Å². The van der Waals surface area contributed by atoms with Crippen molar-refractivity contribution in [1.82, 2.24) is 4.98 Å². The molecule has 3 N–H and O–H groups in total. The van der Waals surface area contributed by atoms with E-state index in [2.05, 4.69) is 10.7 Å². The minimum Gasteiger partial charge on any atom is -0.368 e. The third kappa shape index (κ3) is 4.57. The molecule has 1 heterocycles. The zero-order valence-electron chi connectivity index (χ0n) is 4.33. The van der Waals surface area contributed by atoms with E-state index in [1.807, 2.05) is 24.5 Å². The molecule has 0 amide bonds. The summed E-state index contributed by atoms with van der Waals surface area (Å²) in [5.74, 6) is 0. The summed E-state index contributed by atoms with van der Waals surface area (Å²) in [4.78, 5) is 2.86. The molecule has 0 radical (unpaired) electrons. The van der Waals surface area contributed by atoms with Gasteiger partial charge in [-0.05, 0) is 12.1 Å². The van der Waals surface area contributed by atoms with Crippen molar-refractivity contribution in [3.63, 3.8) is 0 Å². The summed E-state index contributed by atoms with van der Waals surface area (Å²) < 4.78 is 0. The Morgan fingerprint density at radius 1 is 1.38 bits per heavy atom. The van der Waals surface area contributed by atoms with Crippen molar-refractivity contribution < 1.29 is 0 Å². The number of aromatic nitrogens is 1. The van der Waals surface area contributed by atoms with Gasteiger partial charge in [0.1, 0.15) is 0 Å². The van der Waals surface area contributed by atoms with Gasteiger partial charge in [0, 0.05) is 12.4 Å². The molecule has 3 heteroatoms. The number of nitriles is 1. The molecule has 0 aromatic carbocycles. The number of aromatic amines is 1. The Labute approximate surface area is 47.7 Å². The number of hydrogen-bond donors (Lipinski definition) is 2. The molecule has 1 rings (SSSR count). The molecule has 42 valence electrons. The van der Waals surface area contributed by atoms with E-state index in [0.29, 0.717) is 0 Å². The van der Waals surface area contributed by atoms with Crippen LogP contribution in [0.25, 0.3) is 0 Å². The van der Waals surface area contributed by atoms with Crippen molar-refractivity contribution >= 4 is 0 Å². The minimum absolute atomic E-state index is 1.25. The second-order valence-corrected chi connectivity index (χ2v) is 1.01. The molecule has 1 aromatic heterocycles. The Kier molecular flexibility index (Phi) is 4.57. The first-order valence-electron chi connectivity index (χ1n) is 2.09. The van der Waals surface area contributed by atoms with Crippen LogP contribution in [0.5, 0.6) is 0 Å². The largest absolute Gasteiger partial charge is 0.368 e. The van der Waals surface area contributed by atoms with Gasteiger partial charge in [-0.1, -0.05) is 0 Å². The fourth-order valence-electron chi connectivity index (χ4n) is 0.278. The lowest BCUT2D eigenvalue weighted by Gasteiger charge is -1.49. The van der Waals surface area contributed by atoms with Crippen LogP contribution in [0.3, 0.4) is 0 Å². The van der Waals surface area contributed by atoms with Crippen LogP contribution in [0.4, 0.5) is 0 Å². The number of nitrogens with zero attached hydrogens (tertiary/aromatic N) is 1. The fourth-order valence-corrected chi connectivity index (χ4v) is 0.278. The molecular weight excluding hydrogens is 102 g/mol. The molecule has 0 bridgehead atoms. The van der Waals surface area contributed by atoms with Crippen LogP contribution in [-0.4, -0.2) is 4.98 Å². The van der Waals surface area contributed by atoms with Gasteiger partial charge in [0.15, 0.2) is 6.19 Å². The molecule has 0 aliphatic carbocycles. The number of nitrogens with two attached hydrogens (primary N) is 1. The highest BCUT2D eigenvalue weighted by molar-refractivity contribution is 4.84. The van der Waals surface area contributed by atoms with Crippen LogP contribution in [0.2, 0.25) is 0 Å². The van der Waals surface area contributed by atoms with E-state index >= 15 is 0 Å². The lowest BCUT2D eigenvalue weighted by molar-refractivity contribution is 1.42. The van der Waals surface area contributed by atoms with Gasteiger partial charge in [-0.25, -0.2) is 0 Å². The van der Waals surface area contributed by atoms with E-state index < -0.39 is 0 Å². The van der Waals surface area contributed by atoms with Crippen LogP contribution < -0.4 is 5.73 Å². The molecule has 0 unspecified atom stereocenters. The van der Waals surface area contributed by atoms with Crippen molar-refractivity contribution in [3.05, 3.63) is 24.5 Å². The number of rotatable bonds is 0. The maximum absolute atomic E-state index is 7.10. The Morgan fingerprint density at radius 3 is 1.88 bits per heavy atom. The van der Waals surface area contributed by atoms with Gasteiger partial charge in [-0.15, -0.1) is 0 Å². The molecule has 0 aliphatic rings. The predicted molar refractivity (Wildman–Crippen MR) is 30.6 cm³/mol.